The summed E-state index contributed by atoms with van der Waals surface area (Å²) in [5, 5.41) is 19.5. The quantitative estimate of drug-likeness (QED) is 0.638. The highest BCUT2D eigenvalue weighted by Crippen LogP contribution is 2.19. The monoisotopic (exact) mass is 248 g/mol. The first-order valence-electron chi connectivity index (χ1n) is 4.46. The molecule has 0 unspecified atom stereocenters. The van der Waals surface area contributed by atoms with E-state index in [1.54, 1.807) is 0 Å². The molecule has 0 saturated carbocycles. The Hall–Kier alpha value is -1.61. The highest BCUT2D eigenvalue weighted by atomic mass is 19.4. The van der Waals surface area contributed by atoms with Crippen molar-refractivity contribution in [3.8, 4) is 0 Å². The van der Waals surface area contributed by atoms with Crippen LogP contribution < -0.4 is 10.8 Å². The molecule has 0 atom stereocenters. The Morgan fingerprint density at radius 3 is 2.65 bits per heavy atom. The molecule has 0 fully saturated rings. The number of anilines is 1. The molecule has 0 saturated heterocycles. The minimum absolute atomic E-state index is 0.0160. The second kappa shape index (κ2) is 5.15. The molecule has 1 heterocycles. The smallest absolute Gasteiger partial charge is 0.423 e. The van der Waals surface area contributed by atoms with Crippen LogP contribution in [0, 0.1) is 0 Å². The van der Waals surface area contributed by atoms with Gasteiger partial charge in [-0.3, -0.25) is 4.79 Å². The third-order valence-corrected chi connectivity index (χ3v) is 1.71. The first-order chi connectivity index (χ1) is 7.78. The second-order valence-electron chi connectivity index (χ2n) is 3.19. The van der Waals surface area contributed by atoms with Gasteiger partial charge < -0.3 is 15.4 Å². The number of halogens is 3. The fourth-order valence-corrected chi connectivity index (χ4v) is 1.04. The van der Waals surface area contributed by atoms with E-state index in [0.717, 1.165) is 12.3 Å². The number of rotatable bonds is 3. The molecule has 1 amide bonds. The van der Waals surface area contributed by atoms with E-state index in [-0.39, 0.29) is 11.3 Å². The minimum atomic E-state index is -4.60. The summed E-state index contributed by atoms with van der Waals surface area (Å²) in [5.74, 6) is -1.44. The van der Waals surface area contributed by atoms with Crippen molar-refractivity contribution in [2.24, 2.45) is 0 Å². The average Bonchev–Trinajstić information content (AvgIpc) is 2.14. The van der Waals surface area contributed by atoms with Gasteiger partial charge in [0.15, 0.2) is 0 Å². The van der Waals surface area contributed by atoms with Gasteiger partial charge in [0, 0.05) is 6.20 Å². The Morgan fingerprint density at radius 1 is 1.47 bits per heavy atom. The lowest BCUT2D eigenvalue weighted by Crippen LogP contribution is -2.30. The van der Waals surface area contributed by atoms with Crippen LogP contribution in [0.4, 0.5) is 19.0 Å². The van der Waals surface area contributed by atoms with Crippen LogP contribution in [0.3, 0.4) is 0 Å². The molecule has 0 aliphatic rings. The van der Waals surface area contributed by atoms with Crippen molar-refractivity contribution >= 4 is 24.3 Å². The van der Waals surface area contributed by atoms with Crippen LogP contribution in [0.5, 0.6) is 0 Å². The third-order valence-electron chi connectivity index (χ3n) is 1.71. The van der Waals surface area contributed by atoms with Gasteiger partial charge in [0.25, 0.3) is 0 Å². The molecule has 1 aromatic heterocycles. The van der Waals surface area contributed by atoms with Crippen molar-refractivity contribution in [2.75, 3.05) is 5.32 Å². The van der Waals surface area contributed by atoms with Crippen molar-refractivity contribution in [3.05, 3.63) is 18.3 Å². The van der Waals surface area contributed by atoms with Crippen LogP contribution in [0.15, 0.2) is 18.3 Å². The summed E-state index contributed by atoms with van der Waals surface area (Å²) in [7, 11) is -1.78. The Morgan fingerprint density at radius 2 is 2.12 bits per heavy atom. The summed E-state index contributed by atoms with van der Waals surface area (Å²) < 4.78 is 35.6. The van der Waals surface area contributed by atoms with E-state index in [2.05, 4.69) is 4.98 Å². The fraction of sp³-hybridized carbons (Fsp3) is 0.250. The fourth-order valence-electron chi connectivity index (χ4n) is 1.04. The highest BCUT2D eigenvalue weighted by molar-refractivity contribution is 6.58. The SMILES string of the molecule is O=C(CC(F)(F)F)Nc1cc(B(O)O)ccn1. The topological polar surface area (TPSA) is 82.5 Å². The van der Waals surface area contributed by atoms with Gasteiger partial charge in [-0.15, -0.1) is 0 Å². The summed E-state index contributed by atoms with van der Waals surface area (Å²) in [6.45, 7) is 0. The number of pyridine rings is 1. The summed E-state index contributed by atoms with van der Waals surface area (Å²) in [5.41, 5.74) is 0.0160. The normalized spacial score (nSPS) is 11.1. The standard InChI is InChI=1S/C8H8BF3N2O3/c10-8(11,12)4-7(15)14-6-3-5(9(16)17)1-2-13-6/h1-3,16-17H,4H2,(H,13,14,15). The maximum Gasteiger partial charge on any atom is 0.488 e. The summed E-state index contributed by atoms with van der Waals surface area (Å²) in [6.07, 6.45) is -5.09. The lowest BCUT2D eigenvalue weighted by atomic mass is 9.81. The molecule has 9 heteroatoms. The van der Waals surface area contributed by atoms with Crippen molar-refractivity contribution in [2.45, 2.75) is 12.6 Å². The molecule has 17 heavy (non-hydrogen) atoms. The molecular weight excluding hydrogens is 240 g/mol. The zero-order valence-corrected chi connectivity index (χ0v) is 8.40. The van der Waals surface area contributed by atoms with Gasteiger partial charge in [-0.25, -0.2) is 4.98 Å². The van der Waals surface area contributed by atoms with E-state index in [1.807, 2.05) is 5.32 Å². The number of nitrogens with one attached hydrogen (secondary N) is 1. The second-order valence-corrected chi connectivity index (χ2v) is 3.19. The number of nitrogens with zero attached hydrogens (tertiary/aromatic N) is 1. The van der Waals surface area contributed by atoms with E-state index in [1.165, 1.54) is 6.07 Å². The minimum Gasteiger partial charge on any atom is -0.423 e. The number of amides is 1. The zero-order valence-electron chi connectivity index (χ0n) is 8.40. The Balaban J connectivity index is 2.69. The maximum absolute atomic E-state index is 11.9. The van der Waals surface area contributed by atoms with Gasteiger partial charge in [0.05, 0.1) is 0 Å². The average molecular weight is 248 g/mol. The molecule has 0 spiro atoms. The van der Waals surface area contributed by atoms with Crippen molar-refractivity contribution in [1.82, 2.24) is 4.98 Å². The number of alkyl halides is 3. The Labute approximate surface area is 94.4 Å². The number of carbonyl (C=O) groups is 1. The van der Waals surface area contributed by atoms with Crippen molar-refractivity contribution in [1.29, 1.82) is 0 Å². The number of hydrogen-bond acceptors (Lipinski definition) is 4. The molecule has 0 aliphatic carbocycles. The summed E-state index contributed by atoms with van der Waals surface area (Å²) >= 11 is 0. The van der Waals surface area contributed by atoms with E-state index in [9.17, 15) is 18.0 Å². The molecule has 1 rings (SSSR count). The van der Waals surface area contributed by atoms with Crippen LogP contribution in [-0.2, 0) is 4.79 Å². The lowest BCUT2D eigenvalue weighted by Gasteiger charge is -2.08. The van der Waals surface area contributed by atoms with Crippen LogP contribution >= 0.6 is 0 Å². The molecule has 0 aliphatic heterocycles. The number of carbonyl (C=O) groups excluding carboxylic acids is 1. The van der Waals surface area contributed by atoms with Gasteiger partial charge in [-0.05, 0) is 17.6 Å². The molecular formula is C8H8BF3N2O3. The van der Waals surface area contributed by atoms with Gasteiger partial charge >= 0.3 is 13.3 Å². The Kier molecular flexibility index (Phi) is 4.08. The van der Waals surface area contributed by atoms with E-state index < -0.39 is 25.6 Å². The molecule has 1 aromatic rings. The van der Waals surface area contributed by atoms with Crippen molar-refractivity contribution < 1.29 is 28.0 Å². The van der Waals surface area contributed by atoms with E-state index >= 15 is 0 Å². The summed E-state index contributed by atoms with van der Waals surface area (Å²) in [4.78, 5) is 14.5. The van der Waals surface area contributed by atoms with Crippen LogP contribution in [0.2, 0.25) is 0 Å². The Bertz CT molecular complexity index is 411. The summed E-state index contributed by atoms with van der Waals surface area (Å²) in [6, 6.07) is 2.32. The highest BCUT2D eigenvalue weighted by Gasteiger charge is 2.31. The largest absolute Gasteiger partial charge is 0.488 e. The lowest BCUT2D eigenvalue weighted by molar-refractivity contribution is -0.150. The number of hydrogen-bond donors (Lipinski definition) is 3. The third kappa shape index (κ3) is 4.83. The molecule has 0 bridgehead atoms. The van der Waals surface area contributed by atoms with Crippen molar-refractivity contribution in [3.63, 3.8) is 0 Å². The van der Waals surface area contributed by atoms with Crippen LogP contribution in [-0.4, -0.2) is 34.2 Å². The van der Waals surface area contributed by atoms with Crippen LogP contribution in [0.1, 0.15) is 6.42 Å². The first kappa shape index (κ1) is 13.5. The molecule has 5 nitrogen and oxygen atoms in total. The predicted octanol–water partition coefficient (Wildman–Crippen LogP) is -0.348. The first-order valence-corrected chi connectivity index (χ1v) is 4.46. The van der Waals surface area contributed by atoms with Gasteiger partial charge in [-0.1, -0.05) is 0 Å². The number of aromatic nitrogens is 1. The van der Waals surface area contributed by atoms with Gasteiger partial charge in [0.2, 0.25) is 5.91 Å². The van der Waals surface area contributed by atoms with E-state index in [0.29, 0.717) is 0 Å². The molecule has 3 N–H and O–H groups in total. The van der Waals surface area contributed by atoms with Gasteiger partial charge in [-0.2, -0.15) is 13.2 Å². The predicted molar refractivity (Wildman–Crippen MR) is 53.4 cm³/mol. The molecule has 0 radical (unpaired) electrons. The molecule has 92 valence electrons. The van der Waals surface area contributed by atoms with E-state index in [4.69, 9.17) is 10.0 Å². The zero-order chi connectivity index (χ0) is 13.1. The maximum atomic E-state index is 11.9. The van der Waals surface area contributed by atoms with Crippen LogP contribution in [0.25, 0.3) is 0 Å². The molecule has 0 aromatic carbocycles. The van der Waals surface area contributed by atoms with Gasteiger partial charge in [0.1, 0.15) is 12.2 Å².